The average Bonchev–Trinajstić information content (AvgIpc) is 2.72. The van der Waals surface area contributed by atoms with Crippen LogP contribution in [0.3, 0.4) is 0 Å². The fourth-order valence-corrected chi connectivity index (χ4v) is 2.78. The van der Waals surface area contributed by atoms with Gasteiger partial charge in [0.05, 0.1) is 18.5 Å². The Morgan fingerprint density at radius 1 is 1.50 bits per heavy atom. The first kappa shape index (κ1) is 12.1. The van der Waals surface area contributed by atoms with E-state index in [2.05, 4.69) is 4.90 Å². The molecule has 2 rings (SSSR count). The van der Waals surface area contributed by atoms with Gasteiger partial charge in [0.15, 0.2) is 0 Å². The van der Waals surface area contributed by atoms with E-state index in [0.29, 0.717) is 12.6 Å². The molecule has 2 unspecified atom stereocenters. The fourth-order valence-electron chi connectivity index (χ4n) is 2.78. The summed E-state index contributed by atoms with van der Waals surface area (Å²) in [5.74, 6) is 0.270. The molecular weight excluding hydrogens is 205 g/mol. The highest BCUT2D eigenvalue weighted by atomic mass is 19.1. The summed E-state index contributed by atoms with van der Waals surface area (Å²) in [4.78, 5) is 2.39. The Hall–Kier alpha value is -0.410. The molecule has 2 nitrogen and oxygen atoms in total. The van der Waals surface area contributed by atoms with Crippen LogP contribution in [0.15, 0.2) is 11.9 Å². The minimum absolute atomic E-state index is 0.132. The monoisotopic (exact) mass is 227 g/mol. The van der Waals surface area contributed by atoms with E-state index in [9.17, 15) is 4.39 Å². The Morgan fingerprint density at radius 3 is 2.88 bits per heavy atom. The largest absolute Gasteiger partial charge is 0.375 e. The van der Waals surface area contributed by atoms with E-state index in [1.807, 2.05) is 20.8 Å². The first-order valence-corrected chi connectivity index (χ1v) is 6.18. The van der Waals surface area contributed by atoms with Gasteiger partial charge in [0.25, 0.3) is 0 Å². The van der Waals surface area contributed by atoms with Crippen LogP contribution < -0.4 is 0 Å². The first-order valence-electron chi connectivity index (χ1n) is 6.18. The quantitative estimate of drug-likeness (QED) is 0.719. The molecule has 2 saturated heterocycles. The van der Waals surface area contributed by atoms with Crippen LogP contribution in [0, 0.1) is 5.92 Å². The van der Waals surface area contributed by atoms with E-state index >= 15 is 0 Å². The van der Waals surface area contributed by atoms with Crippen molar-refractivity contribution in [2.24, 2.45) is 5.92 Å². The van der Waals surface area contributed by atoms with Crippen molar-refractivity contribution >= 4 is 0 Å². The van der Waals surface area contributed by atoms with Gasteiger partial charge in [0.1, 0.15) is 0 Å². The van der Waals surface area contributed by atoms with E-state index in [0.717, 1.165) is 25.0 Å². The predicted octanol–water partition coefficient (Wildman–Crippen LogP) is 2.75. The zero-order valence-corrected chi connectivity index (χ0v) is 10.5. The van der Waals surface area contributed by atoms with E-state index in [4.69, 9.17) is 4.74 Å². The molecule has 16 heavy (non-hydrogen) atoms. The van der Waals surface area contributed by atoms with Crippen molar-refractivity contribution in [3.05, 3.63) is 11.9 Å². The maximum absolute atomic E-state index is 12.8. The summed E-state index contributed by atoms with van der Waals surface area (Å²) in [7, 11) is 0. The molecule has 0 aromatic heterocycles. The maximum atomic E-state index is 12.8. The van der Waals surface area contributed by atoms with Crippen molar-refractivity contribution in [1.29, 1.82) is 0 Å². The molecule has 2 atom stereocenters. The van der Waals surface area contributed by atoms with Gasteiger partial charge in [-0.3, -0.25) is 4.90 Å². The summed E-state index contributed by atoms with van der Waals surface area (Å²) in [5, 5.41) is 0. The summed E-state index contributed by atoms with van der Waals surface area (Å²) >= 11 is 0. The molecule has 0 aromatic carbocycles. The lowest BCUT2D eigenvalue weighted by molar-refractivity contribution is -0.0213. The third-order valence-corrected chi connectivity index (χ3v) is 3.58. The second kappa shape index (κ2) is 4.46. The number of rotatable bonds is 2. The molecule has 92 valence electrons. The van der Waals surface area contributed by atoms with Gasteiger partial charge in [0.2, 0.25) is 0 Å². The van der Waals surface area contributed by atoms with Crippen molar-refractivity contribution < 1.29 is 9.13 Å². The molecule has 0 radical (unpaired) electrons. The second-order valence-corrected chi connectivity index (χ2v) is 5.89. The Morgan fingerprint density at radius 2 is 2.25 bits per heavy atom. The zero-order chi connectivity index (χ0) is 11.8. The van der Waals surface area contributed by atoms with Crippen LogP contribution >= 0.6 is 0 Å². The van der Waals surface area contributed by atoms with Gasteiger partial charge in [-0.1, -0.05) is 0 Å². The highest BCUT2D eigenvalue weighted by molar-refractivity contribution is 5.17. The fraction of sp³-hybridized carbons (Fsp3) is 0.846. The number of hydrogen-bond donors (Lipinski definition) is 0. The third-order valence-electron chi connectivity index (χ3n) is 3.58. The van der Waals surface area contributed by atoms with Gasteiger partial charge in [-0.2, -0.15) is 0 Å². The van der Waals surface area contributed by atoms with E-state index in [-0.39, 0.29) is 11.5 Å². The van der Waals surface area contributed by atoms with Crippen LogP contribution in [0.1, 0.15) is 33.6 Å². The van der Waals surface area contributed by atoms with Crippen LogP contribution in [-0.4, -0.2) is 36.2 Å². The topological polar surface area (TPSA) is 12.5 Å². The summed E-state index contributed by atoms with van der Waals surface area (Å²) < 4.78 is 18.7. The van der Waals surface area contributed by atoms with Gasteiger partial charge in [0, 0.05) is 18.5 Å². The van der Waals surface area contributed by atoms with Crippen LogP contribution in [0.4, 0.5) is 4.39 Å². The minimum Gasteiger partial charge on any atom is -0.375 e. The number of fused-ring (bicyclic) bond motifs is 1. The van der Waals surface area contributed by atoms with Crippen molar-refractivity contribution in [3.63, 3.8) is 0 Å². The summed E-state index contributed by atoms with van der Waals surface area (Å²) in [6.45, 7) is 8.72. The highest BCUT2D eigenvalue weighted by Crippen LogP contribution is 2.37. The van der Waals surface area contributed by atoms with Gasteiger partial charge < -0.3 is 4.74 Å². The van der Waals surface area contributed by atoms with Crippen LogP contribution in [0.25, 0.3) is 0 Å². The normalized spacial score (nSPS) is 33.6. The average molecular weight is 227 g/mol. The molecular formula is C13H22FNO. The molecule has 2 fully saturated rings. The standard InChI is InChI=1S/C13H22FNO/c1-13(2,3)16-9-11-10(7-14)8-15-6-4-5-12(11)15/h7,11-12H,4-6,8-9H2,1-3H3/b10-7-. The molecule has 0 spiro atoms. The number of nitrogens with zero attached hydrogens (tertiary/aromatic N) is 1. The number of ether oxygens (including phenoxy) is 1. The van der Waals surface area contributed by atoms with Crippen molar-refractivity contribution in [1.82, 2.24) is 4.90 Å². The molecule has 0 N–H and O–H groups in total. The van der Waals surface area contributed by atoms with Crippen LogP contribution in [0.5, 0.6) is 0 Å². The summed E-state index contributed by atoms with van der Waals surface area (Å²) in [5.41, 5.74) is 0.793. The van der Waals surface area contributed by atoms with Gasteiger partial charge in [-0.15, -0.1) is 0 Å². The third kappa shape index (κ3) is 2.46. The Bertz CT molecular complexity index is 282. The van der Waals surface area contributed by atoms with E-state index < -0.39 is 0 Å². The predicted molar refractivity (Wildman–Crippen MR) is 63.0 cm³/mol. The molecule has 0 aromatic rings. The summed E-state index contributed by atoms with van der Waals surface area (Å²) in [6.07, 6.45) is 3.24. The molecule has 2 heterocycles. The van der Waals surface area contributed by atoms with Crippen molar-refractivity contribution in [2.75, 3.05) is 19.7 Å². The maximum Gasteiger partial charge on any atom is 0.0876 e. The lowest BCUT2D eigenvalue weighted by Gasteiger charge is -2.25. The first-order chi connectivity index (χ1) is 7.51. The highest BCUT2D eigenvalue weighted by Gasteiger charge is 2.41. The van der Waals surface area contributed by atoms with Gasteiger partial charge >= 0.3 is 0 Å². The lowest BCUT2D eigenvalue weighted by Crippen LogP contribution is -2.31. The van der Waals surface area contributed by atoms with Gasteiger partial charge in [-0.25, -0.2) is 4.39 Å². The molecule has 0 amide bonds. The zero-order valence-electron chi connectivity index (χ0n) is 10.5. The molecule has 0 bridgehead atoms. The molecule has 0 saturated carbocycles. The molecule has 2 aliphatic rings. The van der Waals surface area contributed by atoms with E-state index in [1.165, 1.54) is 12.8 Å². The van der Waals surface area contributed by atoms with Crippen molar-refractivity contribution in [3.8, 4) is 0 Å². The Kier molecular flexibility index (Phi) is 3.36. The SMILES string of the molecule is CC(C)(C)OCC1/C(=C\F)CN2CCCC12. The van der Waals surface area contributed by atoms with Crippen LogP contribution in [-0.2, 0) is 4.74 Å². The summed E-state index contributed by atoms with van der Waals surface area (Å²) in [6, 6.07) is 0.518. The lowest BCUT2D eigenvalue weighted by atomic mass is 9.95. The van der Waals surface area contributed by atoms with Crippen molar-refractivity contribution in [2.45, 2.75) is 45.3 Å². The smallest absolute Gasteiger partial charge is 0.0876 e. The van der Waals surface area contributed by atoms with Crippen LogP contribution in [0.2, 0.25) is 0 Å². The molecule has 3 heteroatoms. The Balaban J connectivity index is 2.00. The second-order valence-electron chi connectivity index (χ2n) is 5.89. The minimum atomic E-state index is -0.132. The van der Waals surface area contributed by atoms with Gasteiger partial charge in [-0.05, 0) is 45.7 Å². The number of hydrogen-bond acceptors (Lipinski definition) is 2. The van der Waals surface area contributed by atoms with E-state index in [1.54, 1.807) is 0 Å². The molecule has 0 aliphatic carbocycles. The number of halogens is 1. The molecule has 2 aliphatic heterocycles. The Labute approximate surface area is 97.5 Å².